The molecule has 0 aromatic heterocycles. The van der Waals surface area contributed by atoms with Crippen LogP contribution in [0.25, 0.3) is 0 Å². The zero-order chi connectivity index (χ0) is 7.14. The van der Waals surface area contributed by atoms with Gasteiger partial charge in [-0.2, -0.15) is 0 Å². The molecule has 0 amide bonds. The quantitative estimate of drug-likeness (QED) is 0.599. The lowest BCUT2D eigenvalue weighted by atomic mass is 9.89. The third-order valence-corrected chi connectivity index (χ3v) is 3.06. The first kappa shape index (κ1) is 6.20. The van der Waals surface area contributed by atoms with E-state index in [9.17, 15) is 4.79 Å². The van der Waals surface area contributed by atoms with Gasteiger partial charge in [0, 0.05) is 0 Å². The van der Waals surface area contributed by atoms with Crippen LogP contribution in [0.3, 0.4) is 0 Å². The van der Waals surface area contributed by atoms with E-state index in [2.05, 4.69) is 0 Å². The summed E-state index contributed by atoms with van der Waals surface area (Å²) in [7, 11) is 0. The molecule has 2 bridgehead atoms. The highest BCUT2D eigenvalue weighted by atomic mass is 16.4. The minimum absolute atomic E-state index is 0.0127. The van der Waals surface area contributed by atoms with Gasteiger partial charge in [-0.25, -0.2) is 0 Å². The van der Waals surface area contributed by atoms with Crippen LogP contribution in [0.15, 0.2) is 0 Å². The fraction of sp³-hybridized carbons (Fsp3) is 0.875. The van der Waals surface area contributed by atoms with Gasteiger partial charge in [0.05, 0.1) is 5.92 Å². The van der Waals surface area contributed by atoms with Crippen LogP contribution >= 0.6 is 0 Å². The Morgan fingerprint density at radius 1 is 1.30 bits per heavy atom. The van der Waals surface area contributed by atoms with Crippen molar-refractivity contribution < 1.29 is 9.90 Å². The zero-order valence-corrected chi connectivity index (χ0v) is 5.92. The molecule has 2 nitrogen and oxygen atoms in total. The maximum atomic E-state index is 10.6. The van der Waals surface area contributed by atoms with E-state index in [1.165, 1.54) is 19.3 Å². The highest BCUT2D eigenvalue weighted by Gasteiger charge is 2.42. The molecule has 0 saturated heterocycles. The Hall–Kier alpha value is -0.530. The number of rotatable bonds is 1. The van der Waals surface area contributed by atoms with E-state index in [4.69, 9.17) is 5.11 Å². The number of carboxylic acids is 1. The van der Waals surface area contributed by atoms with Crippen LogP contribution in [0.4, 0.5) is 0 Å². The van der Waals surface area contributed by atoms with Crippen LogP contribution in [-0.4, -0.2) is 11.1 Å². The number of carboxylic acid groups (broad SMARTS) is 1. The molecule has 2 saturated carbocycles. The predicted octanol–water partition coefficient (Wildman–Crippen LogP) is 1.51. The molecule has 2 heteroatoms. The van der Waals surface area contributed by atoms with Gasteiger partial charge in [0.1, 0.15) is 0 Å². The van der Waals surface area contributed by atoms with Gasteiger partial charge < -0.3 is 5.11 Å². The van der Waals surface area contributed by atoms with Gasteiger partial charge in [0.2, 0.25) is 0 Å². The predicted molar refractivity (Wildman–Crippen MR) is 36.6 cm³/mol. The molecule has 0 aromatic carbocycles. The Labute approximate surface area is 60.2 Å². The Kier molecular flexibility index (Phi) is 1.22. The molecule has 2 aliphatic carbocycles. The summed E-state index contributed by atoms with van der Waals surface area (Å²) in [6.07, 6.45) is 4.60. The molecule has 0 spiro atoms. The standard InChI is InChI=1S/C8H12O2/c9-8(10)7-4-5-1-2-6(7)3-5/h5-7H,1-4H2,(H,9,10)/t5?,6-,7+/m1/s1. The summed E-state index contributed by atoms with van der Waals surface area (Å²) < 4.78 is 0. The van der Waals surface area contributed by atoms with E-state index in [0.717, 1.165) is 12.3 Å². The van der Waals surface area contributed by atoms with Crippen molar-refractivity contribution in [1.29, 1.82) is 0 Å². The minimum Gasteiger partial charge on any atom is -0.481 e. The fourth-order valence-corrected chi connectivity index (χ4v) is 2.55. The molecule has 56 valence electrons. The van der Waals surface area contributed by atoms with Crippen molar-refractivity contribution >= 4 is 5.97 Å². The topological polar surface area (TPSA) is 37.3 Å². The molecule has 2 rings (SSSR count). The van der Waals surface area contributed by atoms with Gasteiger partial charge in [-0.3, -0.25) is 4.79 Å². The maximum absolute atomic E-state index is 10.6. The van der Waals surface area contributed by atoms with E-state index < -0.39 is 5.97 Å². The lowest BCUT2D eigenvalue weighted by molar-refractivity contribution is -0.143. The van der Waals surface area contributed by atoms with Gasteiger partial charge >= 0.3 is 5.97 Å². The molecule has 1 N–H and O–H groups in total. The number of fused-ring (bicyclic) bond motifs is 2. The maximum Gasteiger partial charge on any atom is 0.306 e. The second kappa shape index (κ2) is 1.97. The molecule has 0 radical (unpaired) electrons. The monoisotopic (exact) mass is 140 g/mol. The van der Waals surface area contributed by atoms with Crippen molar-refractivity contribution in [1.82, 2.24) is 0 Å². The van der Waals surface area contributed by atoms with Gasteiger partial charge in [0.25, 0.3) is 0 Å². The summed E-state index contributed by atoms with van der Waals surface area (Å²) in [5.74, 6) is 0.736. The van der Waals surface area contributed by atoms with Gasteiger partial charge in [-0.15, -0.1) is 0 Å². The van der Waals surface area contributed by atoms with Crippen LogP contribution < -0.4 is 0 Å². The molecule has 0 aromatic rings. The molecular weight excluding hydrogens is 128 g/mol. The van der Waals surface area contributed by atoms with Gasteiger partial charge in [0.15, 0.2) is 0 Å². The third-order valence-electron chi connectivity index (χ3n) is 3.06. The van der Waals surface area contributed by atoms with Crippen LogP contribution in [0, 0.1) is 17.8 Å². The van der Waals surface area contributed by atoms with Gasteiger partial charge in [-0.1, -0.05) is 6.42 Å². The summed E-state index contributed by atoms with van der Waals surface area (Å²) in [6, 6.07) is 0. The van der Waals surface area contributed by atoms with E-state index >= 15 is 0 Å². The van der Waals surface area contributed by atoms with Crippen LogP contribution in [-0.2, 0) is 4.79 Å². The lowest BCUT2D eigenvalue weighted by Gasteiger charge is -2.16. The minimum atomic E-state index is -0.563. The van der Waals surface area contributed by atoms with Crippen molar-refractivity contribution in [3.05, 3.63) is 0 Å². The van der Waals surface area contributed by atoms with E-state index in [-0.39, 0.29) is 5.92 Å². The highest BCUT2D eigenvalue weighted by molar-refractivity contribution is 5.71. The molecular formula is C8H12O2. The SMILES string of the molecule is O=C(O)[C@H]1CC2CC[C@@H]1C2. The smallest absolute Gasteiger partial charge is 0.306 e. The van der Waals surface area contributed by atoms with Crippen molar-refractivity contribution in [2.45, 2.75) is 25.7 Å². The molecule has 2 fully saturated rings. The molecule has 0 heterocycles. The average molecular weight is 140 g/mol. The van der Waals surface area contributed by atoms with Crippen molar-refractivity contribution in [2.75, 3.05) is 0 Å². The number of aliphatic carboxylic acids is 1. The summed E-state index contributed by atoms with van der Waals surface area (Å²) >= 11 is 0. The normalized spacial score (nSPS) is 44.2. The molecule has 2 aliphatic rings. The van der Waals surface area contributed by atoms with Crippen molar-refractivity contribution in [3.63, 3.8) is 0 Å². The van der Waals surface area contributed by atoms with Crippen LogP contribution in [0.2, 0.25) is 0 Å². The van der Waals surface area contributed by atoms with E-state index in [0.29, 0.717) is 5.92 Å². The largest absolute Gasteiger partial charge is 0.481 e. The van der Waals surface area contributed by atoms with E-state index in [1.807, 2.05) is 0 Å². The van der Waals surface area contributed by atoms with Gasteiger partial charge in [-0.05, 0) is 31.1 Å². The van der Waals surface area contributed by atoms with Crippen molar-refractivity contribution in [2.24, 2.45) is 17.8 Å². The second-order valence-corrected chi connectivity index (χ2v) is 3.62. The highest BCUT2D eigenvalue weighted by Crippen LogP contribution is 2.48. The molecule has 3 atom stereocenters. The Balaban J connectivity index is 2.08. The summed E-state index contributed by atoms with van der Waals surface area (Å²) in [5.41, 5.74) is 0. The summed E-state index contributed by atoms with van der Waals surface area (Å²) in [6.45, 7) is 0. The molecule has 1 unspecified atom stereocenters. The first-order valence-corrected chi connectivity index (χ1v) is 4.00. The Morgan fingerprint density at radius 2 is 2.10 bits per heavy atom. The summed E-state index contributed by atoms with van der Waals surface area (Å²) in [4.78, 5) is 10.6. The Bertz CT molecular complexity index is 165. The third kappa shape index (κ3) is 0.746. The first-order valence-electron chi connectivity index (χ1n) is 4.00. The van der Waals surface area contributed by atoms with Crippen molar-refractivity contribution in [3.8, 4) is 0 Å². The first-order chi connectivity index (χ1) is 4.77. The molecule has 10 heavy (non-hydrogen) atoms. The number of carbonyl (C=O) groups is 1. The molecule has 0 aliphatic heterocycles. The zero-order valence-electron chi connectivity index (χ0n) is 5.92. The summed E-state index contributed by atoms with van der Waals surface area (Å²) in [5, 5.41) is 8.74. The van der Waals surface area contributed by atoms with Crippen LogP contribution in [0.5, 0.6) is 0 Å². The number of hydrogen-bond donors (Lipinski definition) is 1. The lowest BCUT2D eigenvalue weighted by Crippen LogP contribution is -2.19. The number of hydrogen-bond acceptors (Lipinski definition) is 1. The second-order valence-electron chi connectivity index (χ2n) is 3.62. The Morgan fingerprint density at radius 3 is 2.40 bits per heavy atom. The van der Waals surface area contributed by atoms with Crippen LogP contribution in [0.1, 0.15) is 25.7 Å². The fourth-order valence-electron chi connectivity index (χ4n) is 2.55. The average Bonchev–Trinajstić information content (AvgIpc) is 2.44. The van der Waals surface area contributed by atoms with E-state index in [1.54, 1.807) is 0 Å².